The second-order valence-electron chi connectivity index (χ2n) is 17.6. The maximum atomic E-state index is 15.5. The number of fused-ring (bicyclic) bond motifs is 7. The van der Waals surface area contributed by atoms with Crippen LogP contribution in [0.2, 0.25) is 0 Å². The average molecular weight is 1070 g/mol. The molecule has 9 atom stereocenters. The van der Waals surface area contributed by atoms with Crippen molar-refractivity contribution in [2.24, 2.45) is 0 Å². The molecule has 0 aliphatic carbocycles. The van der Waals surface area contributed by atoms with Crippen molar-refractivity contribution in [1.82, 2.24) is 0 Å². The highest BCUT2D eigenvalue weighted by molar-refractivity contribution is 6.16. The van der Waals surface area contributed by atoms with Crippen LogP contribution in [0.15, 0.2) is 18.2 Å². The zero-order valence-electron chi connectivity index (χ0n) is 37.3. The molecule has 76 heavy (non-hydrogen) atoms. The average Bonchev–Trinajstić information content (AvgIpc) is 3.53. The summed E-state index contributed by atoms with van der Waals surface area (Å²) in [6.45, 7) is -2.84. The van der Waals surface area contributed by atoms with Crippen LogP contribution in [0.5, 0.6) is 86.2 Å². The summed E-state index contributed by atoms with van der Waals surface area (Å²) in [5, 5.41) is 214. The second kappa shape index (κ2) is 16.6. The Morgan fingerprint density at radius 3 is 1.32 bits per heavy atom. The first-order valence-electron chi connectivity index (χ1n) is 21.5. The number of cyclic esters (lactones) is 1. The number of hydrogen-bond donors (Lipinski definition) is 19. The minimum Gasteiger partial charge on any atom is -0.504 e. The lowest BCUT2D eigenvalue weighted by molar-refractivity contribution is -0.341. The van der Waals surface area contributed by atoms with E-state index in [-0.39, 0.29) is 12.1 Å². The summed E-state index contributed by atoms with van der Waals surface area (Å²) in [6, 6.07) is 0.916. The zero-order chi connectivity index (χ0) is 55.4. The fourth-order valence-corrected chi connectivity index (χ4v) is 9.99. The van der Waals surface area contributed by atoms with Gasteiger partial charge in [0.2, 0.25) is 34.5 Å². The largest absolute Gasteiger partial charge is 0.504 e. The van der Waals surface area contributed by atoms with Gasteiger partial charge in [-0.2, -0.15) is 0 Å². The number of carbonyl (C=O) groups excluding carboxylic acids is 5. The Hall–Kier alpha value is -9.75. The number of phenols is 15. The summed E-state index contributed by atoms with van der Waals surface area (Å²) in [5.74, 6) is -40.7. The van der Waals surface area contributed by atoms with E-state index in [0.29, 0.717) is 6.07 Å². The molecule has 0 amide bonds. The predicted octanol–water partition coefficient (Wildman–Crippen LogP) is -0.830. The van der Waals surface area contributed by atoms with Crippen LogP contribution in [-0.2, 0) is 28.4 Å². The van der Waals surface area contributed by atoms with Gasteiger partial charge in [-0.05, 0) is 18.2 Å². The van der Waals surface area contributed by atoms with E-state index < -0.39 is 250 Å². The van der Waals surface area contributed by atoms with Crippen LogP contribution in [-0.4, -0.2) is 189 Å². The molecular weight excluding hydrogens is 1030 g/mol. The van der Waals surface area contributed by atoms with Crippen LogP contribution in [0.4, 0.5) is 0 Å². The number of carbonyl (C=O) groups is 5. The van der Waals surface area contributed by atoms with Gasteiger partial charge >= 0.3 is 29.8 Å². The van der Waals surface area contributed by atoms with E-state index in [1.54, 1.807) is 0 Å². The van der Waals surface area contributed by atoms with Crippen molar-refractivity contribution in [3.63, 3.8) is 0 Å². The monoisotopic (exact) mass is 1070 g/mol. The molecule has 30 heteroatoms. The van der Waals surface area contributed by atoms with E-state index in [9.17, 15) is 111 Å². The second-order valence-corrected chi connectivity index (χ2v) is 17.6. The quantitative estimate of drug-likeness (QED) is 0.0553. The number of rotatable bonds is 1. The van der Waals surface area contributed by atoms with Gasteiger partial charge in [-0.1, -0.05) is 0 Å². The van der Waals surface area contributed by atoms with Crippen molar-refractivity contribution in [3.05, 3.63) is 51.6 Å². The van der Waals surface area contributed by atoms with Gasteiger partial charge in [0.25, 0.3) is 0 Å². The van der Waals surface area contributed by atoms with Gasteiger partial charge < -0.3 is 125 Å². The van der Waals surface area contributed by atoms with E-state index in [2.05, 4.69) is 0 Å². The molecule has 398 valence electrons. The third-order valence-corrected chi connectivity index (χ3v) is 13.6. The molecule has 0 radical (unpaired) electrons. The van der Waals surface area contributed by atoms with Crippen LogP contribution in [0.3, 0.4) is 0 Å². The van der Waals surface area contributed by atoms with Gasteiger partial charge in [-0.25, -0.2) is 24.0 Å². The van der Waals surface area contributed by atoms with E-state index in [1.165, 1.54) is 0 Å². The molecule has 0 aromatic heterocycles. The van der Waals surface area contributed by atoms with E-state index >= 15 is 9.59 Å². The molecule has 1 saturated heterocycles. The summed E-state index contributed by atoms with van der Waals surface area (Å²) < 4.78 is 34.0. The molecule has 30 nitrogen and oxygen atoms in total. The molecule has 11 rings (SSSR count). The van der Waals surface area contributed by atoms with Crippen LogP contribution in [0, 0.1) is 0 Å². The third-order valence-electron chi connectivity index (χ3n) is 13.6. The molecule has 6 aliphatic heterocycles. The molecule has 6 heterocycles. The first kappa shape index (κ1) is 49.8. The first-order valence-corrected chi connectivity index (χ1v) is 21.5. The van der Waals surface area contributed by atoms with Crippen LogP contribution >= 0.6 is 0 Å². The van der Waals surface area contributed by atoms with Gasteiger partial charge in [0, 0.05) is 38.9 Å². The minimum atomic E-state index is -3.72. The molecule has 6 bridgehead atoms. The third kappa shape index (κ3) is 6.61. The van der Waals surface area contributed by atoms with Gasteiger partial charge in [-0.3, -0.25) is 0 Å². The molecule has 5 aromatic carbocycles. The number of esters is 5. The van der Waals surface area contributed by atoms with Crippen molar-refractivity contribution in [1.29, 1.82) is 0 Å². The van der Waals surface area contributed by atoms with E-state index in [4.69, 9.17) is 28.4 Å². The van der Waals surface area contributed by atoms with Crippen LogP contribution < -0.4 is 0 Å². The number of hydrogen-bond acceptors (Lipinski definition) is 30. The number of aromatic hydroxyl groups is 15. The van der Waals surface area contributed by atoms with Gasteiger partial charge in [0.05, 0.1) is 40.3 Å². The molecule has 1 fully saturated rings. The Morgan fingerprint density at radius 2 is 0.789 bits per heavy atom. The molecule has 0 saturated carbocycles. The van der Waals surface area contributed by atoms with Crippen molar-refractivity contribution in [2.45, 2.75) is 54.4 Å². The summed E-state index contributed by atoms with van der Waals surface area (Å²) in [4.78, 5) is 74.4. The highest BCUT2D eigenvalue weighted by Gasteiger charge is 2.65. The Labute approximate surface area is 417 Å². The maximum Gasteiger partial charge on any atom is 0.340 e. The number of phenolic OH excluding ortho intramolecular Hbond substituents is 15. The number of benzene rings is 5. The van der Waals surface area contributed by atoms with Crippen LogP contribution in [0.25, 0.3) is 33.4 Å². The highest BCUT2D eigenvalue weighted by Crippen LogP contribution is 2.63. The predicted molar refractivity (Wildman–Crippen MR) is 233 cm³/mol. The standard InChI is InChI=1S/C46H34O30/c47-9-1-6-14(28(55)24(9)51)15-7(2-10(48)25(52)29(15)56)43(67)74-37-13(5-71-41(6)65)73-42(66)8-3-11(49)26(53)30(57)16(8)17-20-18(32(59)35(62)31(17)58)19-21-22(34(61)36(63)33(19)60)23(38(75-45(21)69)39(37)76-44(20)68)46(70)40(64)27(54)12(50)4-72-46/h1-3,12-13,23,27,37-40,47-64,70H,4-5H2/t12-,13+,23+,27+,37?,38+,39-,40+,46+/m0/s1. The van der Waals surface area contributed by atoms with E-state index in [1.807, 2.05) is 0 Å². The fourth-order valence-electron chi connectivity index (χ4n) is 9.99. The van der Waals surface area contributed by atoms with Gasteiger partial charge in [0.15, 0.2) is 81.9 Å². The summed E-state index contributed by atoms with van der Waals surface area (Å²) >= 11 is 0. The van der Waals surface area contributed by atoms with E-state index in [0.717, 1.165) is 0 Å². The lowest BCUT2D eigenvalue weighted by atomic mass is 9.71. The zero-order valence-corrected chi connectivity index (χ0v) is 37.3. The summed E-state index contributed by atoms with van der Waals surface area (Å²) in [6.07, 6.45) is -19.3. The van der Waals surface area contributed by atoms with Crippen molar-refractivity contribution in [2.75, 3.05) is 13.2 Å². The Balaban J connectivity index is 1.39. The van der Waals surface area contributed by atoms with Gasteiger partial charge in [-0.15, -0.1) is 0 Å². The van der Waals surface area contributed by atoms with Gasteiger partial charge in [0.1, 0.15) is 24.9 Å². The SMILES string of the molecule is O=C1OC[C@H]2OC(=O)c3cc(O)c(O)c(O)c3-c3c(O)c(O)c(O)c4c3C(=O)O[C@@H](C2OC(=O)c2cc(O)c(O)c(O)c2-c2c1cc(O)c(O)c2O)[C@@H]1OC(=O)c2c-4c(O)c(O)c(O)c2[C@H]1[C@@]1(O)OC[C@H](O)[C@@H](O)[C@H]1O. The van der Waals surface area contributed by atoms with Crippen molar-refractivity contribution in [3.8, 4) is 120 Å². The molecule has 0 spiro atoms. The number of ether oxygens (including phenoxy) is 6. The van der Waals surface area contributed by atoms with Crippen molar-refractivity contribution >= 4 is 29.8 Å². The highest BCUT2D eigenvalue weighted by atomic mass is 16.7. The Kier molecular flexibility index (Phi) is 10.9. The smallest absolute Gasteiger partial charge is 0.340 e. The molecular formula is C46H34O30. The Bertz CT molecular complexity index is 3510. The van der Waals surface area contributed by atoms with Crippen molar-refractivity contribution < 1.29 is 149 Å². The molecule has 5 aromatic rings. The normalized spacial score (nSPS) is 25.7. The Morgan fingerprint density at radius 1 is 0.395 bits per heavy atom. The minimum absolute atomic E-state index is 0.271. The maximum absolute atomic E-state index is 15.5. The summed E-state index contributed by atoms with van der Waals surface area (Å²) in [5.41, 5.74) is -16.3. The topological polar surface area (TPSA) is 525 Å². The fraction of sp³-hybridized carbons (Fsp3) is 0.239. The number of aliphatic hydroxyl groups is 4. The summed E-state index contributed by atoms with van der Waals surface area (Å²) in [7, 11) is 0. The first-order chi connectivity index (χ1) is 35.7. The molecule has 6 aliphatic rings. The lowest BCUT2D eigenvalue weighted by Gasteiger charge is -2.51. The van der Waals surface area contributed by atoms with Crippen LogP contribution in [0.1, 0.15) is 63.3 Å². The molecule has 19 N–H and O–H groups in total. The lowest BCUT2D eigenvalue weighted by Crippen LogP contribution is -2.68. The number of aliphatic hydroxyl groups excluding tert-OH is 3. The molecule has 1 unspecified atom stereocenters.